The summed E-state index contributed by atoms with van der Waals surface area (Å²) in [4.78, 5) is 0. The summed E-state index contributed by atoms with van der Waals surface area (Å²) in [6.07, 6.45) is 0. The monoisotopic (exact) mass is 496 g/mol. The molecule has 1 aliphatic heterocycles. The van der Waals surface area contributed by atoms with Gasteiger partial charge in [0, 0.05) is 0 Å². The van der Waals surface area contributed by atoms with Crippen LogP contribution in [0.15, 0.2) is 0 Å². The molecular formula is C16H48O2Si8. The molecular weight excluding hydrogens is 449 g/mol. The van der Waals surface area contributed by atoms with Crippen LogP contribution in [-0.4, -0.2) is 59.8 Å². The molecule has 0 radical (unpaired) electrons. The number of rotatable bonds is 4. The maximum Gasteiger partial charge on any atom is 0.169 e. The van der Waals surface area contributed by atoms with Crippen LogP contribution in [0, 0.1) is 0 Å². The molecule has 0 spiro atoms. The average Bonchev–Trinajstić information content (AvgIpc) is 2.31. The van der Waals surface area contributed by atoms with E-state index >= 15 is 0 Å². The second-order valence-electron chi connectivity index (χ2n) is 13.0. The largest absolute Gasteiger partial charge is 0.460 e. The predicted octanol–water partition coefficient (Wildman–Crippen LogP) is 6.16. The molecule has 1 heterocycles. The maximum absolute atomic E-state index is 7.44. The molecule has 26 heavy (non-hydrogen) atoms. The Hall–Kier alpha value is 1.66. The van der Waals surface area contributed by atoms with Gasteiger partial charge in [-0.15, -0.1) is 0 Å². The topological polar surface area (TPSA) is 18.5 Å². The zero-order chi connectivity index (χ0) is 21.4. The van der Waals surface area contributed by atoms with Gasteiger partial charge in [0.05, 0.1) is 28.4 Å². The summed E-state index contributed by atoms with van der Waals surface area (Å²) in [5.41, 5.74) is 0. The lowest BCUT2D eigenvalue weighted by Gasteiger charge is -2.73. The van der Waals surface area contributed by atoms with E-state index in [-0.39, 0.29) is 0 Å². The van der Waals surface area contributed by atoms with E-state index in [2.05, 4.69) is 105 Å². The van der Waals surface area contributed by atoms with Gasteiger partial charge in [-0.05, 0) is 39.3 Å². The highest BCUT2D eigenvalue weighted by Crippen LogP contribution is 2.53. The average molecular weight is 497 g/mol. The van der Waals surface area contributed by atoms with E-state index in [1.165, 1.54) is 0 Å². The van der Waals surface area contributed by atoms with Crippen molar-refractivity contribution in [1.29, 1.82) is 0 Å². The molecule has 1 saturated heterocycles. The molecule has 0 saturated carbocycles. The van der Waals surface area contributed by atoms with Crippen molar-refractivity contribution in [3.8, 4) is 0 Å². The SMILES string of the molecule is C[Si](C)(C)O[Si]1(C)[Si](C)(C)[Si](C)(C)[Si](C)(O[Si](C)(C)C)[Si](C)(C)[Si]1(C)C. The van der Waals surface area contributed by atoms with E-state index in [9.17, 15) is 0 Å². The van der Waals surface area contributed by atoms with Crippen molar-refractivity contribution in [2.75, 3.05) is 0 Å². The quantitative estimate of drug-likeness (QED) is 0.434. The number of hydrogen-bond acceptors (Lipinski definition) is 2. The second kappa shape index (κ2) is 6.58. The molecule has 0 atom stereocenters. The van der Waals surface area contributed by atoms with E-state index in [1.54, 1.807) is 0 Å². The second-order valence-corrected chi connectivity index (χ2v) is 90.7. The van der Waals surface area contributed by atoms with Crippen LogP contribution in [0.25, 0.3) is 0 Å². The van der Waals surface area contributed by atoms with Crippen LogP contribution in [0.3, 0.4) is 0 Å². The van der Waals surface area contributed by atoms with Gasteiger partial charge in [0.1, 0.15) is 14.7 Å². The van der Waals surface area contributed by atoms with Crippen LogP contribution in [0.2, 0.25) is 105 Å². The molecule has 0 unspecified atom stereocenters. The Kier molecular flexibility index (Phi) is 6.50. The molecule has 0 aromatic heterocycles. The third-order valence-electron chi connectivity index (χ3n) is 8.92. The van der Waals surface area contributed by atoms with Gasteiger partial charge in [0.15, 0.2) is 16.6 Å². The van der Waals surface area contributed by atoms with Crippen molar-refractivity contribution in [3.05, 3.63) is 0 Å². The van der Waals surface area contributed by atoms with Crippen molar-refractivity contribution < 1.29 is 8.23 Å². The fourth-order valence-electron chi connectivity index (χ4n) is 5.68. The molecule has 0 N–H and O–H groups in total. The predicted molar refractivity (Wildman–Crippen MR) is 142 cm³/mol. The first-order chi connectivity index (χ1) is 10.9. The molecule has 156 valence electrons. The molecule has 1 rings (SSSR count). The smallest absolute Gasteiger partial charge is 0.169 e. The summed E-state index contributed by atoms with van der Waals surface area (Å²) < 4.78 is 14.9. The van der Waals surface area contributed by atoms with E-state index in [4.69, 9.17) is 8.23 Å². The minimum Gasteiger partial charge on any atom is -0.460 e. The highest BCUT2D eigenvalue weighted by atomic mass is 30.2. The first-order valence-corrected chi connectivity index (χ1v) is 39.9. The molecule has 1 fully saturated rings. The number of hydrogen-bond donors (Lipinski definition) is 0. The van der Waals surface area contributed by atoms with Gasteiger partial charge in [0.2, 0.25) is 0 Å². The van der Waals surface area contributed by atoms with Crippen molar-refractivity contribution >= 4 is 59.8 Å². The van der Waals surface area contributed by atoms with Gasteiger partial charge in [-0.25, -0.2) is 0 Å². The van der Waals surface area contributed by atoms with E-state index in [0.717, 1.165) is 0 Å². The minimum atomic E-state index is -1.73. The summed E-state index contributed by atoms with van der Waals surface area (Å²) in [5, 5.41) is 0. The van der Waals surface area contributed by atoms with Gasteiger partial charge in [-0.1, -0.05) is 65.5 Å². The fourth-order valence-corrected chi connectivity index (χ4v) is 261. The molecule has 0 aromatic rings. The van der Waals surface area contributed by atoms with Crippen molar-refractivity contribution in [2.45, 2.75) is 105 Å². The van der Waals surface area contributed by atoms with Gasteiger partial charge < -0.3 is 8.23 Å². The van der Waals surface area contributed by atoms with Crippen LogP contribution in [0.4, 0.5) is 0 Å². The van der Waals surface area contributed by atoms with E-state index in [1.807, 2.05) is 0 Å². The highest BCUT2D eigenvalue weighted by molar-refractivity contribution is 8.12. The molecule has 0 aromatic carbocycles. The van der Waals surface area contributed by atoms with E-state index in [0.29, 0.717) is 0 Å². The van der Waals surface area contributed by atoms with Crippen molar-refractivity contribution in [3.63, 3.8) is 0 Å². The van der Waals surface area contributed by atoms with Crippen molar-refractivity contribution in [1.82, 2.24) is 0 Å². The zero-order valence-corrected chi connectivity index (χ0v) is 28.8. The van der Waals surface area contributed by atoms with E-state index < -0.39 is 59.8 Å². The van der Waals surface area contributed by atoms with Gasteiger partial charge in [-0.2, -0.15) is 0 Å². The van der Waals surface area contributed by atoms with Crippen LogP contribution >= 0.6 is 0 Å². The molecule has 0 amide bonds. The summed E-state index contributed by atoms with van der Waals surface area (Å²) in [5.74, 6) is 0. The van der Waals surface area contributed by atoms with Crippen LogP contribution in [-0.2, 0) is 8.23 Å². The van der Waals surface area contributed by atoms with Gasteiger partial charge in [0.25, 0.3) is 0 Å². The molecule has 2 nitrogen and oxygen atoms in total. The summed E-state index contributed by atoms with van der Waals surface area (Å²) >= 11 is 0. The first kappa shape index (κ1) is 25.7. The Morgan fingerprint density at radius 2 is 0.538 bits per heavy atom. The highest BCUT2D eigenvalue weighted by Gasteiger charge is 2.81. The standard InChI is InChI=1S/C16H48O2Si8/c1-19(2,3)17-25(15)21(7,8)23(11,12)26(16,18-20(4,5)6)24(13,14)22(25,9)10/h1-16H3. The maximum atomic E-state index is 7.44. The van der Waals surface area contributed by atoms with Gasteiger partial charge >= 0.3 is 0 Å². The zero-order valence-electron chi connectivity index (χ0n) is 20.8. The molecule has 10 heteroatoms. The molecule has 0 bridgehead atoms. The fraction of sp³-hybridized carbons (Fsp3) is 1.00. The Balaban J connectivity index is 3.86. The summed E-state index contributed by atoms with van der Waals surface area (Å²) in [6.45, 7) is 42.2. The van der Waals surface area contributed by atoms with Crippen molar-refractivity contribution in [2.24, 2.45) is 0 Å². The Morgan fingerprint density at radius 3 is 0.654 bits per heavy atom. The third kappa shape index (κ3) is 3.41. The lowest BCUT2D eigenvalue weighted by molar-refractivity contribution is 0.575. The molecule has 1 aliphatic rings. The normalized spacial score (nSPS) is 36.0. The Bertz CT molecular complexity index is 480. The summed E-state index contributed by atoms with van der Waals surface area (Å²) in [6, 6.07) is 0. The first-order valence-electron chi connectivity index (χ1n) is 10.3. The third-order valence-corrected chi connectivity index (χ3v) is 160. The Labute approximate surface area is 172 Å². The molecule has 0 aliphatic carbocycles. The van der Waals surface area contributed by atoms with Crippen LogP contribution in [0.1, 0.15) is 0 Å². The minimum absolute atomic E-state index is 1.50. The summed E-state index contributed by atoms with van der Waals surface area (Å²) in [7, 11) is -12.5. The van der Waals surface area contributed by atoms with Crippen LogP contribution < -0.4 is 0 Å². The van der Waals surface area contributed by atoms with Gasteiger partial charge in [-0.3, -0.25) is 0 Å². The van der Waals surface area contributed by atoms with Crippen LogP contribution in [0.5, 0.6) is 0 Å². The Morgan fingerprint density at radius 1 is 0.385 bits per heavy atom. The lowest BCUT2D eigenvalue weighted by Crippen LogP contribution is -3.03. The lowest BCUT2D eigenvalue weighted by atomic mass is 11.8.